The number of rotatable bonds is 3. The second kappa shape index (κ2) is 5.88. The van der Waals surface area contributed by atoms with E-state index in [4.69, 9.17) is 9.47 Å². The predicted octanol–water partition coefficient (Wildman–Crippen LogP) is 3.28. The molecular weight excluding hydrogens is 320 g/mol. The third kappa shape index (κ3) is 4.13. The summed E-state index contributed by atoms with van der Waals surface area (Å²) < 4.78 is 15.4. The number of nitrogens with zero attached hydrogens (tertiary/aromatic N) is 2. The highest BCUT2D eigenvalue weighted by molar-refractivity contribution is 9.10. The summed E-state index contributed by atoms with van der Waals surface area (Å²) in [7, 11) is 3.26. The van der Waals surface area contributed by atoms with E-state index in [-0.39, 0.29) is 6.09 Å². The monoisotopic (exact) mass is 336 g/mol. The van der Waals surface area contributed by atoms with E-state index in [1.807, 2.05) is 20.8 Å². The molecule has 0 saturated heterocycles. The average molecular weight is 337 g/mol. The van der Waals surface area contributed by atoms with Crippen LogP contribution in [0.3, 0.4) is 0 Å². The van der Waals surface area contributed by atoms with Crippen molar-refractivity contribution in [1.82, 2.24) is 9.27 Å². The summed E-state index contributed by atoms with van der Waals surface area (Å²) in [6.45, 7) is 5.87. The van der Waals surface area contributed by atoms with Crippen molar-refractivity contribution < 1.29 is 14.3 Å². The Bertz CT molecular complexity index is 428. The van der Waals surface area contributed by atoms with E-state index < -0.39 is 5.60 Å². The van der Waals surface area contributed by atoms with Gasteiger partial charge in [-0.1, -0.05) is 0 Å². The minimum Gasteiger partial charge on any atom is -0.485 e. The highest BCUT2D eigenvalue weighted by atomic mass is 79.9. The number of aromatic nitrogens is 1. The first-order valence-corrected chi connectivity index (χ1v) is 6.93. The van der Waals surface area contributed by atoms with E-state index in [1.54, 1.807) is 14.2 Å². The van der Waals surface area contributed by atoms with Crippen LogP contribution in [-0.2, 0) is 11.3 Å². The van der Waals surface area contributed by atoms with Gasteiger partial charge in [-0.15, -0.1) is 0 Å². The van der Waals surface area contributed by atoms with Gasteiger partial charge in [0, 0.05) is 18.6 Å². The first kappa shape index (κ1) is 15.2. The maximum atomic E-state index is 11.8. The lowest BCUT2D eigenvalue weighted by Gasteiger charge is -2.24. The van der Waals surface area contributed by atoms with Gasteiger partial charge >= 0.3 is 6.09 Å². The highest BCUT2D eigenvalue weighted by Crippen LogP contribution is 2.33. The molecule has 1 heterocycles. The Balaban J connectivity index is 2.67. The molecule has 1 aromatic heterocycles. The molecule has 1 rings (SSSR count). The summed E-state index contributed by atoms with van der Waals surface area (Å²) in [6, 6.07) is 0. The molecule has 0 aliphatic heterocycles. The molecular formula is C11H17BrN2O3S. The van der Waals surface area contributed by atoms with E-state index >= 15 is 0 Å². The van der Waals surface area contributed by atoms with E-state index in [2.05, 4.69) is 20.3 Å². The Morgan fingerprint density at radius 2 is 2.11 bits per heavy atom. The van der Waals surface area contributed by atoms with Crippen LogP contribution in [0.4, 0.5) is 4.79 Å². The molecule has 0 radical (unpaired) electrons. The van der Waals surface area contributed by atoms with Gasteiger partial charge in [0.1, 0.15) is 5.60 Å². The molecule has 1 amide bonds. The quantitative estimate of drug-likeness (QED) is 0.849. The van der Waals surface area contributed by atoms with Gasteiger partial charge in [0.05, 0.1) is 23.8 Å². The topological polar surface area (TPSA) is 51.7 Å². The van der Waals surface area contributed by atoms with Crippen LogP contribution in [0.1, 0.15) is 26.5 Å². The van der Waals surface area contributed by atoms with Gasteiger partial charge in [-0.2, -0.15) is 4.37 Å². The van der Waals surface area contributed by atoms with Gasteiger partial charge < -0.3 is 14.4 Å². The molecule has 0 spiro atoms. The molecule has 18 heavy (non-hydrogen) atoms. The molecule has 102 valence electrons. The molecule has 0 bridgehead atoms. The van der Waals surface area contributed by atoms with Crippen LogP contribution in [0.15, 0.2) is 4.47 Å². The summed E-state index contributed by atoms with van der Waals surface area (Å²) in [4.78, 5) is 13.3. The summed E-state index contributed by atoms with van der Waals surface area (Å²) in [5.41, 5.74) is 0.257. The molecule has 7 heteroatoms. The lowest BCUT2D eigenvalue weighted by Crippen LogP contribution is -2.33. The molecule has 1 aromatic rings. The molecule has 0 aliphatic carbocycles. The van der Waals surface area contributed by atoms with Gasteiger partial charge in [0.25, 0.3) is 0 Å². The first-order chi connectivity index (χ1) is 8.24. The Morgan fingerprint density at radius 3 is 2.56 bits per heavy atom. The molecule has 0 saturated carbocycles. The van der Waals surface area contributed by atoms with Crippen molar-refractivity contribution >= 4 is 33.6 Å². The van der Waals surface area contributed by atoms with Crippen molar-refractivity contribution in [1.29, 1.82) is 0 Å². The molecule has 5 nitrogen and oxygen atoms in total. The van der Waals surface area contributed by atoms with Crippen LogP contribution >= 0.6 is 27.5 Å². The number of carbonyl (C=O) groups is 1. The van der Waals surface area contributed by atoms with Crippen LogP contribution in [0.2, 0.25) is 0 Å². The smallest absolute Gasteiger partial charge is 0.410 e. The number of ether oxygens (including phenoxy) is 2. The van der Waals surface area contributed by atoms with E-state index in [0.717, 1.165) is 10.2 Å². The minimum absolute atomic E-state index is 0.370. The number of hydrogen-bond donors (Lipinski definition) is 0. The third-order valence-corrected chi connectivity index (χ3v) is 3.88. The highest BCUT2D eigenvalue weighted by Gasteiger charge is 2.21. The molecule has 0 atom stereocenters. The van der Waals surface area contributed by atoms with E-state index in [9.17, 15) is 4.79 Å². The first-order valence-electron chi connectivity index (χ1n) is 5.36. The van der Waals surface area contributed by atoms with Gasteiger partial charge in [0.2, 0.25) is 5.06 Å². The summed E-state index contributed by atoms with van der Waals surface area (Å²) in [5, 5.41) is 0.697. The normalized spacial score (nSPS) is 11.2. The van der Waals surface area contributed by atoms with Gasteiger partial charge in [-0.3, -0.25) is 0 Å². The van der Waals surface area contributed by atoms with Crippen LogP contribution < -0.4 is 4.74 Å². The zero-order valence-corrected chi connectivity index (χ0v) is 13.5. The zero-order valence-electron chi connectivity index (χ0n) is 11.1. The Kier molecular flexibility index (Phi) is 4.98. The lowest BCUT2D eigenvalue weighted by atomic mass is 10.2. The van der Waals surface area contributed by atoms with Crippen molar-refractivity contribution in [2.45, 2.75) is 32.9 Å². The molecule has 0 N–H and O–H groups in total. The number of hydrogen-bond acceptors (Lipinski definition) is 5. The Morgan fingerprint density at radius 1 is 1.50 bits per heavy atom. The largest absolute Gasteiger partial charge is 0.485 e. The SMILES string of the molecule is COc1snc(CN(C)C(=O)OC(C)(C)C)c1Br. The predicted molar refractivity (Wildman–Crippen MR) is 74.1 cm³/mol. The maximum Gasteiger partial charge on any atom is 0.410 e. The van der Waals surface area contributed by atoms with Crippen LogP contribution in [0.5, 0.6) is 5.06 Å². The van der Waals surface area contributed by atoms with Crippen molar-refractivity contribution in [2.24, 2.45) is 0 Å². The van der Waals surface area contributed by atoms with Crippen LogP contribution in [-0.4, -0.2) is 35.1 Å². The fraction of sp³-hybridized carbons (Fsp3) is 0.636. The number of carbonyl (C=O) groups excluding carboxylic acids is 1. The van der Waals surface area contributed by atoms with Crippen LogP contribution in [0.25, 0.3) is 0 Å². The minimum atomic E-state index is -0.498. The molecule has 0 aliphatic rings. The maximum absolute atomic E-state index is 11.8. The van der Waals surface area contributed by atoms with Gasteiger partial charge in [0.15, 0.2) is 0 Å². The fourth-order valence-corrected chi connectivity index (χ4v) is 2.47. The van der Waals surface area contributed by atoms with Crippen LogP contribution in [0, 0.1) is 0 Å². The fourth-order valence-electron chi connectivity index (χ4n) is 1.15. The number of halogens is 1. The average Bonchev–Trinajstić information content (AvgIpc) is 2.57. The van der Waals surface area contributed by atoms with E-state index in [0.29, 0.717) is 11.6 Å². The number of methoxy groups -OCH3 is 1. The van der Waals surface area contributed by atoms with Crippen molar-refractivity contribution in [3.63, 3.8) is 0 Å². The Labute approximate surface area is 119 Å². The lowest BCUT2D eigenvalue weighted by molar-refractivity contribution is 0.0283. The molecule has 0 aromatic carbocycles. The zero-order chi connectivity index (χ0) is 13.9. The summed E-state index contributed by atoms with van der Waals surface area (Å²) in [6.07, 6.45) is -0.374. The van der Waals surface area contributed by atoms with Crippen molar-refractivity contribution in [2.75, 3.05) is 14.2 Å². The third-order valence-electron chi connectivity index (χ3n) is 1.95. The van der Waals surface area contributed by atoms with E-state index in [1.165, 1.54) is 16.4 Å². The standard InChI is InChI=1S/C11H17BrN2O3S/c1-11(2,3)17-10(15)14(4)6-7-8(12)9(16-5)18-13-7/h6H2,1-5H3. The second-order valence-corrected chi connectivity index (χ2v) is 6.30. The molecule has 0 unspecified atom stereocenters. The van der Waals surface area contributed by atoms with Gasteiger partial charge in [-0.05, 0) is 36.7 Å². The van der Waals surface area contributed by atoms with Gasteiger partial charge in [-0.25, -0.2) is 4.79 Å². The molecule has 0 fully saturated rings. The second-order valence-electron chi connectivity index (χ2n) is 4.77. The Hall–Kier alpha value is -0.820. The summed E-state index contributed by atoms with van der Waals surface area (Å²) >= 11 is 4.64. The number of amides is 1. The summed E-state index contributed by atoms with van der Waals surface area (Å²) in [5.74, 6) is 0. The van der Waals surface area contributed by atoms with Crippen molar-refractivity contribution in [3.8, 4) is 5.06 Å². The van der Waals surface area contributed by atoms with Crippen molar-refractivity contribution in [3.05, 3.63) is 10.2 Å².